The Balaban J connectivity index is 0.000000284. The van der Waals surface area contributed by atoms with Crippen molar-refractivity contribution in [1.82, 2.24) is 49.0 Å². The van der Waals surface area contributed by atoms with E-state index in [1.54, 1.807) is 47.9 Å². The number of methoxy groups -OCH3 is 2. The number of pyridine rings is 2. The third-order valence-corrected chi connectivity index (χ3v) is 12.0. The SMILES string of the molecule is CCn1cc(C(F)(F)F)nc1-c1ncc(COc2cc(C)nc(/C(C(=N)OC)=C(/[N-]C)C3CC3)n2)cc1F.C[N-]/C(=C(\C(=N)OC)c1ncc(Cl)c(OCc2cnc(-c3nc(C(F)(F)F)cn3C(C)C)c(F)c2)n1)C1CC1.[K+].[K+]. The number of hydrogen-bond acceptors (Lipinski definition) is 14. The fourth-order valence-electron chi connectivity index (χ4n) is 7.71. The van der Waals surface area contributed by atoms with Crippen molar-refractivity contribution in [3.05, 3.63) is 128 Å². The number of nitrogens with one attached hydrogen (secondary N) is 2. The van der Waals surface area contributed by atoms with Gasteiger partial charge in [0, 0.05) is 60.3 Å². The van der Waals surface area contributed by atoms with Crippen LogP contribution in [0.15, 0.2) is 60.6 Å². The van der Waals surface area contributed by atoms with E-state index in [2.05, 4.69) is 50.5 Å². The average Bonchev–Trinajstić information content (AvgIpc) is 4.32. The molecule has 8 rings (SSSR count). The van der Waals surface area contributed by atoms with Gasteiger partial charge in [0.2, 0.25) is 23.6 Å². The third kappa shape index (κ3) is 16.2. The standard InChI is InChI=1S/C25H25ClF4N7O2.C25H26F4N7O2.2K/c1-12(2)37-10-17(25(28,29)30)35-23(37)20-16(27)7-13(8-33-20)11-39-24-15(26)9-34-22(36-24)18(21(31)38-4)19(32-3)14-5-6-14;1-5-36-11-17(25(27,28)29)34-24(36)21-16(26)9-14(10-32-21)12-38-18-8-13(2)33-23(35-18)19(22(30)37-4)20(31-3)15-6-7-15;;/h7-10,12,14,31H,5-6,11H2,1-4H3;8-11,15,30H,5-7,12H2,1-4H3;;/q2*-1;2*+1/b19-18+,31-21?;20-19+,30-22?;;. The maximum absolute atomic E-state index is 15.0. The van der Waals surface area contributed by atoms with Gasteiger partial charge >= 0.3 is 115 Å². The molecule has 6 aromatic heterocycles. The maximum atomic E-state index is 15.0. The molecule has 6 aromatic rings. The van der Waals surface area contributed by atoms with Crippen molar-refractivity contribution in [2.24, 2.45) is 11.8 Å². The number of aryl methyl sites for hydroxylation is 2. The van der Waals surface area contributed by atoms with Crippen LogP contribution in [-0.2, 0) is 41.6 Å². The zero-order valence-electron chi connectivity index (χ0n) is 44.7. The minimum absolute atomic E-state index is 0. The average molecular weight is 1180 g/mol. The molecule has 0 bridgehead atoms. The molecule has 0 saturated heterocycles. The zero-order chi connectivity index (χ0) is 56.1. The molecule has 2 fully saturated rings. The Morgan fingerprint density at radius 1 is 0.696 bits per heavy atom. The van der Waals surface area contributed by atoms with Crippen molar-refractivity contribution in [2.45, 2.75) is 91.5 Å². The molecule has 0 radical (unpaired) electrons. The molecule has 0 atom stereocenters. The summed E-state index contributed by atoms with van der Waals surface area (Å²) in [7, 11) is 6.01. The van der Waals surface area contributed by atoms with E-state index in [9.17, 15) is 30.7 Å². The molecule has 79 heavy (non-hydrogen) atoms. The van der Waals surface area contributed by atoms with E-state index in [0.717, 1.165) is 50.2 Å². The molecule has 29 heteroatoms. The predicted molar refractivity (Wildman–Crippen MR) is 267 cm³/mol. The number of aromatic nitrogens is 10. The first-order valence-corrected chi connectivity index (χ1v) is 24.1. The smallest absolute Gasteiger partial charge is 0.689 e. The van der Waals surface area contributed by atoms with Gasteiger partial charge in [0.1, 0.15) is 29.6 Å². The minimum Gasteiger partial charge on any atom is -0.689 e. The molecule has 410 valence electrons. The summed E-state index contributed by atoms with van der Waals surface area (Å²) in [6.45, 7) is 6.51. The summed E-state index contributed by atoms with van der Waals surface area (Å²) in [5.74, 6) is -1.53. The topological polar surface area (TPSA) is 226 Å². The quantitative estimate of drug-likeness (QED) is 0.0437. The van der Waals surface area contributed by atoms with Crippen LogP contribution < -0.4 is 112 Å². The molecular formula is C50H51ClF8K2N14O4. The molecule has 18 nitrogen and oxygen atoms in total. The van der Waals surface area contributed by atoms with E-state index in [1.165, 1.54) is 41.9 Å². The summed E-state index contributed by atoms with van der Waals surface area (Å²) in [5, 5.41) is 25.2. The van der Waals surface area contributed by atoms with Gasteiger partial charge in [-0.15, -0.1) is 25.5 Å². The van der Waals surface area contributed by atoms with Gasteiger partial charge in [0.25, 0.3) is 0 Å². The van der Waals surface area contributed by atoms with Crippen LogP contribution in [0.25, 0.3) is 44.8 Å². The summed E-state index contributed by atoms with van der Waals surface area (Å²) < 4.78 is 133. The molecule has 0 amide bonds. The summed E-state index contributed by atoms with van der Waals surface area (Å²) in [4.78, 5) is 32.6. The Morgan fingerprint density at radius 3 is 1.66 bits per heavy atom. The normalized spacial score (nSPS) is 13.9. The molecule has 2 N–H and O–H groups in total. The van der Waals surface area contributed by atoms with E-state index >= 15 is 4.39 Å². The van der Waals surface area contributed by atoms with E-state index in [1.807, 2.05) is 0 Å². The second-order valence-electron chi connectivity index (χ2n) is 17.7. The third-order valence-electron chi connectivity index (χ3n) is 11.7. The maximum Gasteiger partial charge on any atom is 1.00 e. The Kier molecular flexibility index (Phi) is 23.1. The van der Waals surface area contributed by atoms with Crippen LogP contribution in [0.4, 0.5) is 35.1 Å². The number of ether oxygens (including phenoxy) is 4. The summed E-state index contributed by atoms with van der Waals surface area (Å²) in [6, 6.07) is 3.40. The second kappa shape index (κ2) is 28.0. The van der Waals surface area contributed by atoms with Gasteiger partial charge in [0.15, 0.2) is 46.3 Å². The Labute approximate surface area is 539 Å². The van der Waals surface area contributed by atoms with Crippen LogP contribution in [0, 0.1) is 41.2 Å². The van der Waals surface area contributed by atoms with Gasteiger partial charge in [-0.25, -0.2) is 38.7 Å². The number of halogens is 9. The molecule has 0 aliphatic heterocycles. The first-order valence-electron chi connectivity index (χ1n) is 23.7. The fraction of sp³-hybridized carbons (Fsp3) is 0.400. The number of hydrogen-bond donors (Lipinski definition) is 2. The van der Waals surface area contributed by atoms with Crippen molar-refractivity contribution in [2.75, 3.05) is 28.3 Å². The predicted octanol–water partition coefficient (Wildman–Crippen LogP) is 6.01. The van der Waals surface area contributed by atoms with E-state index in [0.29, 0.717) is 33.8 Å². The fourth-order valence-corrected chi connectivity index (χ4v) is 7.86. The van der Waals surface area contributed by atoms with Crippen molar-refractivity contribution >= 4 is 34.5 Å². The number of alkyl halides is 6. The largest absolute Gasteiger partial charge is 1.00 e. The van der Waals surface area contributed by atoms with Crippen LogP contribution >= 0.6 is 11.6 Å². The van der Waals surface area contributed by atoms with Gasteiger partial charge in [-0.1, -0.05) is 11.6 Å². The van der Waals surface area contributed by atoms with Crippen LogP contribution in [0.1, 0.15) is 92.4 Å². The monoisotopic (exact) mass is 1180 g/mol. The van der Waals surface area contributed by atoms with Gasteiger partial charge < -0.3 is 38.7 Å². The molecule has 2 aliphatic carbocycles. The van der Waals surface area contributed by atoms with Gasteiger partial charge in [-0.2, -0.15) is 36.3 Å². The van der Waals surface area contributed by atoms with Gasteiger partial charge in [-0.3, -0.25) is 10.8 Å². The summed E-state index contributed by atoms with van der Waals surface area (Å²) >= 11 is 6.22. The minimum atomic E-state index is -4.68. The van der Waals surface area contributed by atoms with E-state index in [4.69, 9.17) is 41.4 Å². The number of nitrogens with zero attached hydrogens (tertiary/aromatic N) is 12. The Morgan fingerprint density at radius 2 is 1.19 bits per heavy atom. The first-order chi connectivity index (χ1) is 36.5. The number of allylic oxidation sites excluding steroid dienone is 2. The molecule has 2 saturated carbocycles. The van der Waals surface area contributed by atoms with Crippen LogP contribution in [0.5, 0.6) is 11.8 Å². The first kappa shape index (κ1) is 65.3. The van der Waals surface area contributed by atoms with Crippen molar-refractivity contribution in [3.8, 4) is 34.8 Å². The molecule has 0 spiro atoms. The Bertz CT molecular complexity index is 3240. The number of imidazole rings is 2. The summed E-state index contributed by atoms with van der Waals surface area (Å²) in [5.41, 5.74) is 0.338. The van der Waals surface area contributed by atoms with E-state index < -0.39 is 41.4 Å². The second-order valence-corrected chi connectivity index (χ2v) is 18.1. The van der Waals surface area contributed by atoms with Crippen LogP contribution in [0.2, 0.25) is 5.02 Å². The van der Waals surface area contributed by atoms with Gasteiger partial charge in [0.05, 0.1) is 31.6 Å². The van der Waals surface area contributed by atoms with Crippen LogP contribution in [0.3, 0.4) is 0 Å². The zero-order valence-corrected chi connectivity index (χ0v) is 51.7. The molecule has 0 aromatic carbocycles. The molecule has 0 unspecified atom stereocenters. The van der Waals surface area contributed by atoms with Crippen molar-refractivity contribution < 1.29 is 157 Å². The van der Waals surface area contributed by atoms with Crippen LogP contribution in [-0.4, -0.2) is 89.1 Å². The Hall–Kier alpha value is -4.50. The van der Waals surface area contributed by atoms with Crippen molar-refractivity contribution in [3.63, 3.8) is 0 Å². The molecule has 2 aliphatic rings. The van der Waals surface area contributed by atoms with Crippen molar-refractivity contribution in [1.29, 1.82) is 10.8 Å². The van der Waals surface area contributed by atoms with Gasteiger partial charge in [-0.05, 0) is 77.3 Å². The number of rotatable bonds is 18. The van der Waals surface area contributed by atoms with E-state index in [-0.39, 0.29) is 203 Å². The molecule has 6 heterocycles. The summed E-state index contributed by atoms with van der Waals surface area (Å²) in [6.07, 6.45) is -0.0360. The molecular weight excluding hydrogens is 1130 g/mol.